The zero-order valence-corrected chi connectivity index (χ0v) is 26.7. The quantitative estimate of drug-likeness (QED) is 0.330. The number of rotatable bonds is 11. The van der Waals surface area contributed by atoms with E-state index in [1.165, 1.54) is 37.4 Å². The number of hydrogen-bond acceptors (Lipinski definition) is 10. The van der Waals surface area contributed by atoms with Crippen LogP contribution in [0.25, 0.3) is 0 Å². The van der Waals surface area contributed by atoms with Gasteiger partial charge in [0.05, 0.1) is 18.4 Å². The zero-order valence-electron chi connectivity index (χ0n) is 25.9. The number of amides is 2. The van der Waals surface area contributed by atoms with Crippen molar-refractivity contribution in [1.29, 1.82) is 0 Å². The van der Waals surface area contributed by atoms with E-state index < -0.39 is 6.09 Å². The molecule has 12 nitrogen and oxygen atoms in total. The Balaban J connectivity index is 1.05. The number of carbonyl (C=O) groups excluding carboxylic acids is 2. The number of thioether (sulfide) groups is 1. The number of likely N-dealkylation sites (N-methyl/N-ethyl adjacent to an activating group) is 1. The standard InChI is InChI=1S/C31H43N9O3S/c1-4-26-7-5-6-16-39(26)22-23-8-10-24(11-9-23)29(41)33-25-12-13-28(32-21-25)43-31(42)38-17-14-27(15-18-38)44-30-34-35-36-40(30)20-19-37(2)3/h8-13,21,26-27H,4-7,14-20,22H2,1-3H3,(H,33,41). The minimum atomic E-state index is -0.427. The topological polar surface area (TPSA) is 122 Å². The molecule has 236 valence electrons. The molecule has 2 saturated heterocycles. The third-order valence-corrected chi connectivity index (χ3v) is 9.55. The first-order valence-electron chi connectivity index (χ1n) is 15.5. The number of nitrogens with one attached hydrogen (secondary N) is 1. The fraction of sp³-hybridized carbons (Fsp3) is 0.548. The van der Waals surface area contributed by atoms with E-state index >= 15 is 0 Å². The number of benzene rings is 1. The molecule has 1 aromatic carbocycles. The van der Waals surface area contributed by atoms with Crippen molar-refractivity contribution in [2.24, 2.45) is 0 Å². The number of likely N-dealkylation sites (tertiary alicyclic amines) is 2. The summed E-state index contributed by atoms with van der Waals surface area (Å²) in [6, 6.07) is 11.7. The van der Waals surface area contributed by atoms with Crippen molar-refractivity contribution >= 4 is 29.4 Å². The minimum absolute atomic E-state index is 0.192. The van der Waals surface area contributed by atoms with E-state index in [-0.39, 0.29) is 11.8 Å². The highest BCUT2D eigenvalue weighted by Crippen LogP contribution is 2.29. The third kappa shape index (κ3) is 8.76. The first kappa shape index (κ1) is 31.9. The first-order valence-corrected chi connectivity index (χ1v) is 16.4. The van der Waals surface area contributed by atoms with Crippen LogP contribution < -0.4 is 10.1 Å². The predicted octanol–water partition coefficient (Wildman–Crippen LogP) is 4.40. The molecule has 1 unspecified atom stereocenters. The molecule has 0 radical (unpaired) electrons. The van der Waals surface area contributed by atoms with Gasteiger partial charge in [-0.2, -0.15) is 0 Å². The number of carbonyl (C=O) groups is 2. The highest BCUT2D eigenvalue weighted by atomic mass is 32.2. The number of tetrazole rings is 1. The molecule has 0 aliphatic carbocycles. The summed E-state index contributed by atoms with van der Waals surface area (Å²) in [7, 11) is 4.04. The normalized spacial score (nSPS) is 18.0. The fourth-order valence-electron chi connectivity index (χ4n) is 5.62. The maximum atomic E-state index is 12.8. The molecule has 2 aliphatic rings. The van der Waals surface area contributed by atoms with Crippen LogP contribution >= 0.6 is 11.8 Å². The van der Waals surface area contributed by atoms with Crippen molar-refractivity contribution in [2.75, 3.05) is 45.6 Å². The number of pyridine rings is 1. The molecule has 2 fully saturated rings. The molecule has 1 N–H and O–H groups in total. The van der Waals surface area contributed by atoms with Crippen LogP contribution in [0.2, 0.25) is 0 Å². The van der Waals surface area contributed by atoms with Crippen molar-refractivity contribution in [3.05, 3.63) is 53.7 Å². The van der Waals surface area contributed by atoms with E-state index in [1.54, 1.807) is 28.8 Å². The largest absolute Gasteiger partial charge is 0.416 e. The molecule has 0 spiro atoms. The van der Waals surface area contributed by atoms with Crippen LogP contribution in [0.1, 0.15) is 61.4 Å². The monoisotopic (exact) mass is 621 g/mol. The lowest BCUT2D eigenvalue weighted by Crippen LogP contribution is -2.41. The van der Waals surface area contributed by atoms with E-state index in [0.29, 0.717) is 35.6 Å². The molecule has 13 heteroatoms. The molecular formula is C31H43N9O3S. The van der Waals surface area contributed by atoms with Crippen LogP contribution in [0.4, 0.5) is 10.5 Å². The van der Waals surface area contributed by atoms with Gasteiger partial charge in [0, 0.05) is 49.1 Å². The molecular weight excluding hydrogens is 578 g/mol. The summed E-state index contributed by atoms with van der Waals surface area (Å²) >= 11 is 1.66. The van der Waals surface area contributed by atoms with Crippen molar-refractivity contribution in [2.45, 2.75) is 75.0 Å². The van der Waals surface area contributed by atoms with Crippen LogP contribution in [0.3, 0.4) is 0 Å². The maximum Gasteiger partial charge on any atom is 0.416 e. The maximum absolute atomic E-state index is 12.8. The number of hydrogen-bond donors (Lipinski definition) is 1. The van der Waals surface area contributed by atoms with Gasteiger partial charge in [0.15, 0.2) is 0 Å². The summed E-state index contributed by atoms with van der Waals surface area (Å²) in [6.45, 7) is 7.07. The zero-order chi connectivity index (χ0) is 30.9. The Morgan fingerprint density at radius 1 is 1.05 bits per heavy atom. The van der Waals surface area contributed by atoms with Gasteiger partial charge in [-0.05, 0) is 86.9 Å². The molecule has 2 amide bonds. The number of aromatic nitrogens is 5. The van der Waals surface area contributed by atoms with Gasteiger partial charge in [-0.15, -0.1) is 5.10 Å². The van der Waals surface area contributed by atoms with Crippen molar-refractivity contribution in [1.82, 2.24) is 39.9 Å². The van der Waals surface area contributed by atoms with Crippen LogP contribution in [0.15, 0.2) is 47.8 Å². The molecule has 0 saturated carbocycles. The number of anilines is 1. The highest BCUT2D eigenvalue weighted by molar-refractivity contribution is 7.99. The molecule has 0 bridgehead atoms. The summed E-state index contributed by atoms with van der Waals surface area (Å²) in [4.78, 5) is 36.2. The van der Waals surface area contributed by atoms with Crippen LogP contribution in [-0.4, -0.2) is 103 Å². The number of piperidine rings is 2. The molecule has 5 rings (SSSR count). The summed E-state index contributed by atoms with van der Waals surface area (Å²) in [5, 5.41) is 16.1. The van der Waals surface area contributed by atoms with Crippen LogP contribution in [0.5, 0.6) is 5.88 Å². The second-order valence-electron chi connectivity index (χ2n) is 11.7. The Bertz CT molecular complexity index is 1360. The highest BCUT2D eigenvalue weighted by Gasteiger charge is 2.27. The Morgan fingerprint density at radius 2 is 1.84 bits per heavy atom. The molecule has 2 aliphatic heterocycles. The van der Waals surface area contributed by atoms with Gasteiger partial charge in [-0.3, -0.25) is 9.69 Å². The summed E-state index contributed by atoms with van der Waals surface area (Å²) in [5.74, 6) is -0.0167. The minimum Gasteiger partial charge on any atom is -0.391 e. The predicted molar refractivity (Wildman–Crippen MR) is 170 cm³/mol. The van der Waals surface area contributed by atoms with Gasteiger partial charge in [0.2, 0.25) is 11.0 Å². The summed E-state index contributed by atoms with van der Waals surface area (Å²) in [6.07, 6.45) is 7.71. The first-order chi connectivity index (χ1) is 21.4. The lowest BCUT2D eigenvalue weighted by molar-refractivity contribution is 0.102. The summed E-state index contributed by atoms with van der Waals surface area (Å²) < 4.78 is 7.35. The van der Waals surface area contributed by atoms with E-state index in [4.69, 9.17) is 4.74 Å². The van der Waals surface area contributed by atoms with Crippen LogP contribution in [-0.2, 0) is 13.1 Å². The number of ether oxygens (including phenoxy) is 1. The average molecular weight is 622 g/mol. The molecule has 4 heterocycles. The average Bonchev–Trinajstić information content (AvgIpc) is 3.48. The van der Waals surface area contributed by atoms with Crippen molar-refractivity contribution < 1.29 is 14.3 Å². The van der Waals surface area contributed by atoms with Gasteiger partial charge in [-0.1, -0.05) is 37.2 Å². The van der Waals surface area contributed by atoms with E-state index in [0.717, 1.165) is 44.2 Å². The Kier molecular flexibility index (Phi) is 11.2. The lowest BCUT2D eigenvalue weighted by atomic mass is 9.99. The van der Waals surface area contributed by atoms with Gasteiger partial charge in [-0.25, -0.2) is 14.5 Å². The van der Waals surface area contributed by atoms with Gasteiger partial charge in [0.25, 0.3) is 5.91 Å². The molecule has 1 atom stereocenters. The van der Waals surface area contributed by atoms with Gasteiger partial charge in [0.1, 0.15) is 0 Å². The Morgan fingerprint density at radius 3 is 2.55 bits per heavy atom. The molecule has 2 aromatic heterocycles. The third-order valence-electron chi connectivity index (χ3n) is 8.24. The Labute approximate surface area is 263 Å². The second kappa shape index (κ2) is 15.4. The van der Waals surface area contributed by atoms with Crippen LogP contribution in [0, 0.1) is 0 Å². The molecule has 44 heavy (non-hydrogen) atoms. The molecule has 3 aromatic rings. The van der Waals surface area contributed by atoms with Gasteiger partial charge >= 0.3 is 6.09 Å². The van der Waals surface area contributed by atoms with E-state index in [2.05, 4.69) is 42.5 Å². The van der Waals surface area contributed by atoms with Crippen molar-refractivity contribution in [3.8, 4) is 5.88 Å². The van der Waals surface area contributed by atoms with Crippen molar-refractivity contribution in [3.63, 3.8) is 0 Å². The lowest BCUT2D eigenvalue weighted by Gasteiger charge is -2.35. The SMILES string of the molecule is CCC1CCCCN1Cc1ccc(C(=O)Nc2ccc(OC(=O)N3CCC(Sc4nnnn4CCN(C)C)CC3)nc2)cc1. The smallest absolute Gasteiger partial charge is 0.391 e. The summed E-state index contributed by atoms with van der Waals surface area (Å²) in [5.41, 5.74) is 2.33. The second-order valence-corrected chi connectivity index (χ2v) is 13.0. The number of nitrogens with zero attached hydrogens (tertiary/aromatic N) is 8. The fourth-order valence-corrected chi connectivity index (χ4v) is 6.70. The van der Waals surface area contributed by atoms with Gasteiger partial charge < -0.3 is 19.9 Å². The Hall–Kier alpha value is -3.55. The van der Waals surface area contributed by atoms with E-state index in [1.807, 2.05) is 43.0 Å². The van der Waals surface area contributed by atoms with E-state index in [9.17, 15) is 9.59 Å².